The molecular weight excluding hydrogens is 340 g/mol. The van der Waals surface area contributed by atoms with Crippen molar-refractivity contribution in [3.8, 4) is 0 Å². The normalized spacial score (nSPS) is 12.5. The summed E-state index contributed by atoms with van der Waals surface area (Å²) in [7, 11) is 0. The topological polar surface area (TPSA) is 62.1 Å². The molecule has 0 spiro atoms. The number of anilines is 1. The molecule has 126 valence electrons. The van der Waals surface area contributed by atoms with Crippen LogP contribution in [-0.4, -0.2) is 39.4 Å². The van der Waals surface area contributed by atoms with Crippen molar-refractivity contribution in [3.63, 3.8) is 0 Å². The first kappa shape index (κ1) is 17.1. The highest BCUT2D eigenvalue weighted by atomic mass is 32.2. The van der Waals surface area contributed by atoms with Gasteiger partial charge in [-0.3, -0.25) is 0 Å². The number of likely N-dealkylation sites (N-methyl/N-ethyl adjacent to an activating group) is 1. The van der Waals surface area contributed by atoms with Crippen LogP contribution in [0.15, 0.2) is 34.9 Å². The van der Waals surface area contributed by atoms with Gasteiger partial charge < -0.3 is 10.0 Å². The summed E-state index contributed by atoms with van der Waals surface area (Å²) in [6.07, 6.45) is 2.98. The highest BCUT2D eigenvalue weighted by molar-refractivity contribution is 8.00. The van der Waals surface area contributed by atoms with Crippen LogP contribution in [0.3, 0.4) is 0 Å². The highest BCUT2D eigenvalue weighted by Crippen LogP contribution is 2.33. The number of benzene rings is 1. The first-order valence-electron chi connectivity index (χ1n) is 7.77. The van der Waals surface area contributed by atoms with Gasteiger partial charge in [-0.25, -0.2) is 15.0 Å². The van der Waals surface area contributed by atoms with E-state index >= 15 is 0 Å². The number of aromatic nitrogens is 3. The second-order valence-electron chi connectivity index (χ2n) is 5.50. The van der Waals surface area contributed by atoms with Gasteiger partial charge in [-0.15, -0.1) is 11.3 Å². The Bertz CT molecular complexity index is 819. The van der Waals surface area contributed by atoms with E-state index in [-0.39, 0.29) is 0 Å². The molecule has 3 rings (SSSR count). The molecule has 0 saturated carbocycles. The summed E-state index contributed by atoms with van der Waals surface area (Å²) in [6.45, 7) is 5.34. The zero-order valence-corrected chi connectivity index (χ0v) is 15.6. The minimum Gasteiger partial charge on any atom is -0.387 e. The molecular formula is C17H20N4OS2. The van der Waals surface area contributed by atoms with E-state index in [9.17, 15) is 5.11 Å². The van der Waals surface area contributed by atoms with E-state index < -0.39 is 6.10 Å². The molecule has 0 radical (unpaired) electrons. The van der Waals surface area contributed by atoms with Gasteiger partial charge in [-0.2, -0.15) is 0 Å². The molecule has 7 heteroatoms. The molecule has 1 N–H and O–H groups in total. The third-order valence-electron chi connectivity index (χ3n) is 3.86. The fraction of sp³-hybridized carbons (Fsp3) is 0.353. The third-order valence-corrected chi connectivity index (χ3v) is 5.89. The predicted molar refractivity (Wildman–Crippen MR) is 101 cm³/mol. The quantitative estimate of drug-likeness (QED) is 0.677. The maximum atomic E-state index is 10.6. The first-order chi connectivity index (χ1) is 11.6. The number of hydrogen-bond donors (Lipinski definition) is 1. The maximum Gasteiger partial charge on any atom is 0.176 e. The van der Waals surface area contributed by atoms with Gasteiger partial charge in [0.15, 0.2) is 15.8 Å². The SMILES string of the molecule is CCN(CC(O)c1ccc(C)cc1)c1ncnc2nc(SC)sc12. The largest absolute Gasteiger partial charge is 0.387 e. The van der Waals surface area contributed by atoms with Crippen LogP contribution in [-0.2, 0) is 0 Å². The molecule has 5 nitrogen and oxygen atoms in total. The lowest BCUT2D eigenvalue weighted by atomic mass is 10.1. The summed E-state index contributed by atoms with van der Waals surface area (Å²) >= 11 is 3.20. The van der Waals surface area contributed by atoms with E-state index in [4.69, 9.17) is 0 Å². The molecule has 0 bridgehead atoms. The number of aryl methyl sites for hydroxylation is 1. The molecule has 0 amide bonds. The number of thioether (sulfide) groups is 1. The molecule has 0 fully saturated rings. The van der Waals surface area contributed by atoms with Crippen molar-refractivity contribution in [3.05, 3.63) is 41.7 Å². The first-order valence-corrected chi connectivity index (χ1v) is 9.81. The number of aliphatic hydroxyl groups excluding tert-OH is 1. The second kappa shape index (κ2) is 7.46. The van der Waals surface area contributed by atoms with E-state index in [1.54, 1.807) is 29.4 Å². The molecule has 2 aromatic heterocycles. The van der Waals surface area contributed by atoms with Crippen molar-refractivity contribution in [2.45, 2.75) is 24.3 Å². The average molecular weight is 361 g/mol. The van der Waals surface area contributed by atoms with Gasteiger partial charge in [0.25, 0.3) is 0 Å². The van der Waals surface area contributed by atoms with Crippen LogP contribution >= 0.6 is 23.1 Å². The lowest BCUT2D eigenvalue weighted by molar-refractivity contribution is 0.183. The lowest BCUT2D eigenvalue weighted by Gasteiger charge is -2.25. The van der Waals surface area contributed by atoms with Gasteiger partial charge in [0.1, 0.15) is 11.0 Å². The van der Waals surface area contributed by atoms with Crippen LogP contribution in [0.4, 0.5) is 5.82 Å². The summed E-state index contributed by atoms with van der Waals surface area (Å²) in [5.74, 6) is 0.839. The molecule has 24 heavy (non-hydrogen) atoms. The van der Waals surface area contributed by atoms with Crippen LogP contribution in [0.5, 0.6) is 0 Å². The zero-order chi connectivity index (χ0) is 17.1. The summed E-state index contributed by atoms with van der Waals surface area (Å²) < 4.78 is 1.95. The van der Waals surface area contributed by atoms with Crippen molar-refractivity contribution in [2.24, 2.45) is 0 Å². The zero-order valence-electron chi connectivity index (χ0n) is 13.9. The molecule has 1 atom stereocenters. The highest BCUT2D eigenvalue weighted by Gasteiger charge is 2.18. The maximum absolute atomic E-state index is 10.6. The summed E-state index contributed by atoms with van der Waals surface area (Å²) in [4.78, 5) is 15.3. The number of rotatable bonds is 6. The number of fused-ring (bicyclic) bond motifs is 1. The van der Waals surface area contributed by atoms with Crippen LogP contribution in [0.25, 0.3) is 10.3 Å². The number of aliphatic hydroxyl groups is 1. The summed E-state index contributed by atoms with van der Waals surface area (Å²) in [6, 6.07) is 7.99. The van der Waals surface area contributed by atoms with Crippen LogP contribution in [0, 0.1) is 6.92 Å². The Hall–Kier alpha value is -1.70. The predicted octanol–water partition coefficient (Wildman–Crippen LogP) is 3.68. The average Bonchev–Trinajstić information content (AvgIpc) is 3.03. The molecule has 0 aliphatic rings. The van der Waals surface area contributed by atoms with E-state index in [1.807, 2.05) is 37.4 Å². The molecule has 2 heterocycles. The van der Waals surface area contributed by atoms with Crippen molar-refractivity contribution in [2.75, 3.05) is 24.2 Å². The molecule has 0 aliphatic carbocycles. The Morgan fingerprint density at radius 3 is 2.67 bits per heavy atom. The molecule has 0 aliphatic heterocycles. The van der Waals surface area contributed by atoms with Crippen LogP contribution in [0.1, 0.15) is 24.2 Å². The Balaban J connectivity index is 1.88. The van der Waals surface area contributed by atoms with Crippen molar-refractivity contribution in [1.82, 2.24) is 15.0 Å². The number of thiazole rings is 1. The lowest BCUT2D eigenvalue weighted by Crippen LogP contribution is -2.29. The fourth-order valence-corrected chi connectivity index (χ4v) is 4.03. The van der Waals surface area contributed by atoms with Gasteiger partial charge in [0.05, 0.1) is 6.10 Å². The Morgan fingerprint density at radius 2 is 2.00 bits per heavy atom. The molecule has 3 aromatic rings. The van der Waals surface area contributed by atoms with E-state index in [2.05, 4.69) is 26.8 Å². The number of hydrogen-bond acceptors (Lipinski definition) is 7. The van der Waals surface area contributed by atoms with Crippen LogP contribution in [0.2, 0.25) is 0 Å². The van der Waals surface area contributed by atoms with Gasteiger partial charge >= 0.3 is 0 Å². The third kappa shape index (κ3) is 3.53. The minimum absolute atomic E-state index is 0.484. The van der Waals surface area contributed by atoms with Crippen molar-refractivity contribution < 1.29 is 5.11 Å². The molecule has 1 unspecified atom stereocenters. The Labute approximate surface area is 149 Å². The Morgan fingerprint density at radius 1 is 1.25 bits per heavy atom. The van der Waals surface area contributed by atoms with Crippen molar-refractivity contribution >= 4 is 39.3 Å². The second-order valence-corrected chi connectivity index (χ2v) is 7.55. The minimum atomic E-state index is -0.566. The fourth-order valence-electron chi connectivity index (χ4n) is 2.50. The Kier molecular flexibility index (Phi) is 5.33. The van der Waals surface area contributed by atoms with Crippen molar-refractivity contribution in [1.29, 1.82) is 0 Å². The van der Waals surface area contributed by atoms with Gasteiger partial charge in [-0.05, 0) is 25.7 Å². The summed E-state index contributed by atoms with van der Waals surface area (Å²) in [5, 5.41) is 10.6. The van der Waals surface area contributed by atoms with E-state index in [0.29, 0.717) is 6.54 Å². The smallest absolute Gasteiger partial charge is 0.176 e. The summed E-state index contributed by atoms with van der Waals surface area (Å²) in [5.41, 5.74) is 2.82. The van der Waals surface area contributed by atoms with Gasteiger partial charge in [0.2, 0.25) is 0 Å². The van der Waals surface area contributed by atoms with Gasteiger partial charge in [-0.1, -0.05) is 41.6 Å². The number of nitrogens with zero attached hydrogens (tertiary/aromatic N) is 4. The standard InChI is InChI=1S/C17H20N4OS2/c1-4-21(9-13(22)12-7-5-11(2)6-8-12)16-14-15(18-10-19-16)20-17(23-3)24-14/h5-8,10,13,22H,4,9H2,1-3H3. The van der Waals surface area contributed by atoms with E-state index in [0.717, 1.165) is 32.6 Å². The molecule has 0 saturated heterocycles. The van der Waals surface area contributed by atoms with Gasteiger partial charge in [0, 0.05) is 13.1 Å². The van der Waals surface area contributed by atoms with Crippen LogP contribution < -0.4 is 4.90 Å². The molecule has 1 aromatic carbocycles. The monoisotopic (exact) mass is 360 g/mol. The van der Waals surface area contributed by atoms with E-state index in [1.165, 1.54) is 5.56 Å².